The summed E-state index contributed by atoms with van der Waals surface area (Å²) in [4.78, 5) is 23.3. The van der Waals surface area contributed by atoms with E-state index in [9.17, 15) is 18.0 Å². The Morgan fingerprint density at radius 2 is 1.81 bits per heavy atom. The number of hydrogen-bond donors (Lipinski definition) is 1. The highest BCUT2D eigenvalue weighted by Gasteiger charge is 2.33. The number of thiophene rings is 1. The van der Waals surface area contributed by atoms with E-state index in [1.807, 2.05) is 0 Å². The van der Waals surface area contributed by atoms with Crippen molar-refractivity contribution in [1.82, 2.24) is 4.31 Å². The molecule has 2 heterocycles. The summed E-state index contributed by atoms with van der Waals surface area (Å²) in [6, 6.07) is 9.83. The van der Waals surface area contributed by atoms with Crippen LogP contribution in [0.25, 0.3) is 0 Å². The second-order valence-corrected chi connectivity index (χ2v) is 9.39. The second-order valence-electron chi connectivity index (χ2n) is 6.28. The Labute approximate surface area is 161 Å². The van der Waals surface area contributed by atoms with Crippen molar-refractivity contribution in [2.45, 2.75) is 23.7 Å². The SMILES string of the molecule is NC(=O)c1ccc(COC(=O)C2CCN(S(=O)(=O)c3cccs3)CC2)cc1. The number of ether oxygens (including phenoxy) is 1. The summed E-state index contributed by atoms with van der Waals surface area (Å²) >= 11 is 1.19. The van der Waals surface area contributed by atoms with Gasteiger partial charge < -0.3 is 10.5 Å². The van der Waals surface area contributed by atoms with E-state index in [1.54, 1.807) is 41.8 Å². The molecule has 7 nitrogen and oxygen atoms in total. The average Bonchev–Trinajstić information content (AvgIpc) is 3.22. The fraction of sp³-hybridized carbons (Fsp3) is 0.333. The molecule has 27 heavy (non-hydrogen) atoms. The molecule has 1 saturated heterocycles. The third kappa shape index (κ3) is 4.55. The van der Waals surface area contributed by atoms with Gasteiger partial charge in [-0.15, -0.1) is 11.3 Å². The highest BCUT2D eigenvalue weighted by molar-refractivity contribution is 7.91. The van der Waals surface area contributed by atoms with Crippen LogP contribution < -0.4 is 5.73 Å². The fourth-order valence-electron chi connectivity index (χ4n) is 2.91. The molecule has 0 unspecified atom stereocenters. The highest BCUT2D eigenvalue weighted by Crippen LogP contribution is 2.27. The van der Waals surface area contributed by atoms with Crippen molar-refractivity contribution in [2.75, 3.05) is 13.1 Å². The number of sulfonamides is 1. The number of piperidine rings is 1. The van der Waals surface area contributed by atoms with E-state index in [4.69, 9.17) is 10.5 Å². The lowest BCUT2D eigenvalue weighted by atomic mass is 9.98. The molecule has 0 saturated carbocycles. The van der Waals surface area contributed by atoms with Crippen LogP contribution in [0.4, 0.5) is 0 Å². The molecule has 1 aromatic carbocycles. The van der Waals surface area contributed by atoms with Crippen LogP contribution in [0.5, 0.6) is 0 Å². The molecule has 1 aliphatic rings. The molecule has 0 atom stereocenters. The van der Waals surface area contributed by atoms with Gasteiger partial charge in [-0.3, -0.25) is 9.59 Å². The minimum atomic E-state index is -3.47. The Morgan fingerprint density at radius 1 is 1.15 bits per heavy atom. The molecule has 0 bridgehead atoms. The first kappa shape index (κ1) is 19.5. The van der Waals surface area contributed by atoms with Crippen LogP contribution in [0, 0.1) is 5.92 Å². The standard InChI is InChI=1S/C18H20N2O5S2/c19-17(21)14-5-3-13(4-6-14)12-25-18(22)15-7-9-20(10-8-15)27(23,24)16-2-1-11-26-16/h1-6,11,15H,7-10,12H2,(H2,19,21). The van der Waals surface area contributed by atoms with Gasteiger partial charge in [-0.1, -0.05) is 18.2 Å². The lowest BCUT2D eigenvalue weighted by Gasteiger charge is -2.29. The number of hydrogen-bond acceptors (Lipinski definition) is 6. The summed E-state index contributed by atoms with van der Waals surface area (Å²) in [5.41, 5.74) is 6.33. The topological polar surface area (TPSA) is 107 Å². The Kier molecular flexibility index (Phi) is 5.93. The van der Waals surface area contributed by atoms with E-state index >= 15 is 0 Å². The molecule has 0 spiro atoms. The maximum atomic E-state index is 12.5. The van der Waals surface area contributed by atoms with Crippen LogP contribution in [-0.4, -0.2) is 37.7 Å². The van der Waals surface area contributed by atoms with E-state index in [1.165, 1.54) is 15.6 Å². The number of carbonyl (C=O) groups is 2. The molecular formula is C18H20N2O5S2. The summed E-state index contributed by atoms with van der Waals surface area (Å²) in [6.45, 7) is 0.701. The van der Waals surface area contributed by atoms with E-state index in [0.29, 0.717) is 35.7 Å². The summed E-state index contributed by atoms with van der Waals surface area (Å²) in [7, 11) is -3.47. The number of amides is 1. The average molecular weight is 409 g/mol. The van der Waals surface area contributed by atoms with Crippen LogP contribution in [0.2, 0.25) is 0 Å². The zero-order valence-corrected chi connectivity index (χ0v) is 16.2. The van der Waals surface area contributed by atoms with Gasteiger partial charge in [0.25, 0.3) is 10.0 Å². The van der Waals surface area contributed by atoms with Crippen molar-refractivity contribution in [3.63, 3.8) is 0 Å². The second kappa shape index (κ2) is 8.20. The van der Waals surface area contributed by atoms with Gasteiger partial charge in [0.05, 0.1) is 5.92 Å². The molecule has 3 rings (SSSR count). The maximum absolute atomic E-state index is 12.5. The highest BCUT2D eigenvalue weighted by atomic mass is 32.2. The van der Waals surface area contributed by atoms with Crippen LogP contribution in [0.15, 0.2) is 46.0 Å². The number of carbonyl (C=O) groups excluding carboxylic acids is 2. The molecule has 2 N–H and O–H groups in total. The molecule has 144 valence electrons. The number of nitrogens with zero attached hydrogens (tertiary/aromatic N) is 1. The lowest BCUT2D eigenvalue weighted by Crippen LogP contribution is -2.40. The first-order valence-electron chi connectivity index (χ1n) is 8.47. The minimum Gasteiger partial charge on any atom is -0.461 e. The van der Waals surface area contributed by atoms with Crippen molar-refractivity contribution >= 4 is 33.2 Å². The van der Waals surface area contributed by atoms with Crippen molar-refractivity contribution in [3.05, 3.63) is 52.9 Å². The number of primary amides is 1. The third-order valence-corrected chi connectivity index (χ3v) is 7.77. The quantitative estimate of drug-likeness (QED) is 0.736. The monoisotopic (exact) mass is 408 g/mol. The molecule has 1 aromatic heterocycles. The predicted molar refractivity (Wildman–Crippen MR) is 101 cm³/mol. The van der Waals surface area contributed by atoms with Gasteiger partial charge in [-0.05, 0) is 42.0 Å². The normalized spacial score (nSPS) is 16.1. The van der Waals surface area contributed by atoms with Crippen LogP contribution in [-0.2, 0) is 26.2 Å². The van der Waals surface area contributed by atoms with E-state index in [0.717, 1.165) is 5.56 Å². The first-order chi connectivity index (χ1) is 12.9. The number of nitrogens with two attached hydrogens (primary N) is 1. The molecule has 1 fully saturated rings. The number of rotatable bonds is 6. The molecule has 2 aromatic rings. The summed E-state index contributed by atoms with van der Waals surface area (Å²) in [5, 5.41) is 1.73. The van der Waals surface area contributed by atoms with Crippen LogP contribution in [0.1, 0.15) is 28.8 Å². The Balaban J connectivity index is 1.50. The van der Waals surface area contributed by atoms with Crippen molar-refractivity contribution in [2.24, 2.45) is 11.7 Å². The van der Waals surface area contributed by atoms with E-state index < -0.39 is 15.9 Å². The van der Waals surface area contributed by atoms with Gasteiger partial charge in [-0.2, -0.15) is 4.31 Å². The smallest absolute Gasteiger partial charge is 0.309 e. The zero-order chi connectivity index (χ0) is 19.4. The molecule has 0 radical (unpaired) electrons. The van der Waals surface area contributed by atoms with Gasteiger partial charge in [0, 0.05) is 18.7 Å². The molecule has 1 amide bonds. The third-order valence-electron chi connectivity index (χ3n) is 4.50. The van der Waals surface area contributed by atoms with Gasteiger partial charge >= 0.3 is 5.97 Å². The predicted octanol–water partition coefficient (Wildman–Crippen LogP) is 1.99. The molecular weight excluding hydrogens is 388 g/mol. The minimum absolute atomic E-state index is 0.103. The summed E-state index contributed by atoms with van der Waals surface area (Å²) in [5.74, 6) is -1.16. The van der Waals surface area contributed by atoms with Gasteiger partial charge in [-0.25, -0.2) is 8.42 Å². The Bertz CT molecular complexity index is 900. The first-order valence-corrected chi connectivity index (χ1v) is 10.8. The Hall–Kier alpha value is -2.23. The fourth-order valence-corrected chi connectivity index (χ4v) is 5.52. The summed E-state index contributed by atoms with van der Waals surface area (Å²) in [6.07, 6.45) is 0.869. The van der Waals surface area contributed by atoms with E-state index in [2.05, 4.69) is 0 Å². The number of esters is 1. The van der Waals surface area contributed by atoms with E-state index in [-0.39, 0.29) is 18.5 Å². The number of benzene rings is 1. The van der Waals surface area contributed by atoms with Crippen LogP contribution >= 0.6 is 11.3 Å². The molecule has 0 aliphatic carbocycles. The largest absolute Gasteiger partial charge is 0.461 e. The van der Waals surface area contributed by atoms with Crippen molar-refractivity contribution in [1.29, 1.82) is 0 Å². The zero-order valence-electron chi connectivity index (χ0n) is 14.5. The van der Waals surface area contributed by atoms with Crippen LogP contribution in [0.3, 0.4) is 0 Å². The lowest BCUT2D eigenvalue weighted by molar-refractivity contribution is -0.151. The van der Waals surface area contributed by atoms with Gasteiger partial charge in [0.15, 0.2) is 0 Å². The van der Waals surface area contributed by atoms with Gasteiger partial charge in [0.2, 0.25) is 5.91 Å². The molecule has 1 aliphatic heterocycles. The maximum Gasteiger partial charge on any atom is 0.309 e. The summed E-state index contributed by atoms with van der Waals surface area (Å²) < 4.78 is 32.1. The van der Waals surface area contributed by atoms with Gasteiger partial charge in [0.1, 0.15) is 10.8 Å². The molecule has 9 heteroatoms. The van der Waals surface area contributed by atoms with Crippen molar-refractivity contribution < 1.29 is 22.7 Å². The van der Waals surface area contributed by atoms with Crippen molar-refractivity contribution in [3.8, 4) is 0 Å². The Morgan fingerprint density at radius 3 is 2.37 bits per heavy atom.